The zero-order chi connectivity index (χ0) is 11.5. The van der Waals surface area contributed by atoms with E-state index >= 15 is 0 Å². The van der Waals surface area contributed by atoms with Gasteiger partial charge in [0.25, 0.3) is 5.91 Å². The molecular weight excluding hydrogens is 208 g/mol. The molecule has 0 aliphatic carbocycles. The molecule has 1 heterocycles. The van der Waals surface area contributed by atoms with Crippen LogP contribution in [0.5, 0.6) is 0 Å². The fraction of sp³-hybridized carbons (Fsp3) is 0.667. The van der Waals surface area contributed by atoms with Crippen LogP contribution >= 0.6 is 0 Å². The second kappa shape index (κ2) is 4.56. The Morgan fingerprint density at radius 2 is 1.93 bits per heavy atom. The van der Waals surface area contributed by atoms with E-state index in [2.05, 4.69) is 30.9 Å². The third-order valence-corrected chi connectivity index (χ3v) is 8.37. The Kier molecular flexibility index (Phi) is 3.62. The Morgan fingerprint density at radius 1 is 1.40 bits per heavy atom. The molecule has 1 rings (SSSR count). The normalized spacial score (nSPS) is 11.7. The van der Waals surface area contributed by atoms with Crippen molar-refractivity contribution >= 4 is 14.1 Å². The average molecular weight is 226 g/mol. The van der Waals surface area contributed by atoms with Crippen LogP contribution in [0.4, 0.5) is 0 Å². The molecule has 0 atom stereocenters. The molecule has 0 bridgehead atoms. The van der Waals surface area contributed by atoms with Crippen LogP contribution in [0.1, 0.15) is 31.4 Å². The van der Waals surface area contributed by atoms with E-state index in [-0.39, 0.29) is 0 Å². The molecule has 0 saturated carbocycles. The van der Waals surface area contributed by atoms with Crippen LogP contribution in [0.3, 0.4) is 0 Å². The number of amides is 1. The van der Waals surface area contributed by atoms with E-state index in [4.69, 9.17) is 5.73 Å². The fourth-order valence-electron chi connectivity index (χ4n) is 1.96. The predicted molar refractivity (Wildman–Crippen MR) is 61.1 cm³/mol. The second-order valence-corrected chi connectivity index (χ2v) is 8.64. The van der Waals surface area contributed by atoms with Gasteiger partial charge in [-0.25, -0.2) is 4.98 Å². The lowest BCUT2D eigenvalue weighted by Crippen LogP contribution is -2.44. The molecule has 0 spiro atoms. The number of hydrogen-bond acceptors (Lipinski definition) is 3. The molecule has 6 heteroatoms. The van der Waals surface area contributed by atoms with Gasteiger partial charge in [-0.15, -0.1) is 0 Å². The van der Waals surface area contributed by atoms with Gasteiger partial charge in [-0.2, -0.15) is 5.10 Å². The number of rotatable bonds is 5. The van der Waals surface area contributed by atoms with Crippen molar-refractivity contribution < 1.29 is 4.79 Å². The highest BCUT2D eigenvalue weighted by Crippen LogP contribution is 2.22. The maximum absolute atomic E-state index is 11.2. The molecular formula is C9H18N4OSi. The number of primary amides is 1. The molecule has 0 aliphatic rings. The number of nitrogens with two attached hydrogens (primary N) is 1. The minimum Gasteiger partial charge on any atom is -0.363 e. The summed E-state index contributed by atoms with van der Waals surface area (Å²) in [5.74, 6) is -0.174. The lowest BCUT2D eigenvalue weighted by molar-refractivity contribution is 0.0988. The van der Waals surface area contributed by atoms with Crippen molar-refractivity contribution in [1.82, 2.24) is 14.4 Å². The Morgan fingerprint density at radius 3 is 2.33 bits per heavy atom. The summed E-state index contributed by atoms with van der Waals surface area (Å²) in [5, 5.41) is 4.19. The summed E-state index contributed by atoms with van der Waals surface area (Å²) < 4.78 is 1.81. The third-order valence-electron chi connectivity index (χ3n) is 3.19. The predicted octanol–water partition coefficient (Wildman–Crippen LogP) is 1.23. The number of nitrogens with zero attached hydrogens (tertiary/aromatic N) is 3. The molecule has 0 aromatic carbocycles. The Bertz CT molecular complexity index is 337. The van der Waals surface area contributed by atoms with E-state index in [0.29, 0.717) is 5.82 Å². The van der Waals surface area contributed by atoms with Crippen LogP contribution in [0.25, 0.3) is 0 Å². The van der Waals surface area contributed by atoms with Crippen LogP contribution < -0.4 is 5.73 Å². The minimum atomic E-state index is -1.71. The zero-order valence-corrected chi connectivity index (χ0v) is 10.5. The number of carbonyl (C=O) groups is 1. The van der Waals surface area contributed by atoms with Crippen molar-refractivity contribution in [2.45, 2.75) is 38.9 Å². The maximum Gasteiger partial charge on any atom is 0.285 e. The molecule has 0 radical (unpaired) electrons. The van der Waals surface area contributed by atoms with Crippen molar-refractivity contribution in [1.29, 1.82) is 0 Å². The minimum absolute atomic E-state index is 0.312. The Hall–Kier alpha value is -1.17. The van der Waals surface area contributed by atoms with Crippen molar-refractivity contribution in [3.63, 3.8) is 0 Å². The first-order valence-electron chi connectivity index (χ1n) is 5.31. The van der Waals surface area contributed by atoms with Gasteiger partial charge in [0, 0.05) is 0 Å². The van der Waals surface area contributed by atoms with Gasteiger partial charge in [0.05, 0.1) is 0 Å². The average Bonchev–Trinajstić information content (AvgIpc) is 2.71. The van der Waals surface area contributed by atoms with Gasteiger partial charge < -0.3 is 5.73 Å². The van der Waals surface area contributed by atoms with E-state index in [1.165, 1.54) is 6.33 Å². The summed E-state index contributed by atoms with van der Waals surface area (Å²) >= 11 is 0. The molecule has 2 N–H and O–H groups in total. The van der Waals surface area contributed by atoms with Gasteiger partial charge in [-0.1, -0.05) is 20.8 Å². The van der Waals surface area contributed by atoms with E-state index in [0.717, 1.165) is 18.1 Å². The maximum atomic E-state index is 11.2. The van der Waals surface area contributed by atoms with Crippen LogP contribution in [0.2, 0.25) is 18.1 Å². The Balaban J connectivity index is 3.22. The zero-order valence-electron chi connectivity index (χ0n) is 9.53. The lowest BCUT2D eigenvalue weighted by Gasteiger charge is -2.28. The molecule has 84 valence electrons. The van der Waals surface area contributed by atoms with Crippen molar-refractivity contribution in [2.75, 3.05) is 0 Å². The van der Waals surface area contributed by atoms with E-state index < -0.39 is 14.1 Å². The van der Waals surface area contributed by atoms with E-state index in [1.807, 2.05) is 4.35 Å². The monoisotopic (exact) mass is 226 g/mol. The molecule has 0 aliphatic heterocycles. The summed E-state index contributed by atoms with van der Waals surface area (Å²) in [6.07, 6.45) is 1.42. The van der Waals surface area contributed by atoms with Crippen molar-refractivity contribution in [2.24, 2.45) is 5.73 Å². The molecule has 0 saturated heterocycles. The van der Waals surface area contributed by atoms with Crippen LogP contribution in [0, 0.1) is 0 Å². The van der Waals surface area contributed by atoms with Gasteiger partial charge in [-0.3, -0.25) is 9.14 Å². The third kappa shape index (κ3) is 1.94. The van der Waals surface area contributed by atoms with E-state index in [9.17, 15) is 4.79 Å². The highest BCUT2D eigenvalue weighted by atomic mass is 28.3. The smallest absolute Gasteiger partial charge is 0.285 e. The highest BCUT2D eigenvalue weighted by molar-refractivity contribution is 6.78. The summed E-state index contributed by atoms with van der Waals surface area (Å²) in [6.45, 7) is 6.43. The topological polar surface area (TPSA) is 73.8 Å². The van der Waals surface area contributed by atoms with Gasteiger partial charge in [0.15, 0.2) is 8.24 Å². The van der Waals surface area contributed by atoms with Gasteiger partial charge in [-0.05, 0) is 18.1 Å². The summed E-state index contributed by atoms with van der Waals surface area (Å²) in [6, 6.07) is 3.14. The summed E-state index contributed by atoms with van der Waals surface area (Å²) in [7, 11) is -1.71. The number of aromatic nitrogens is 3. The number of carbonyl (C=O) groups excluding carboxylic acids is 1. The number of hydrogen-bond donors (Lipinski definition) is 1. The first-order chi connectivity index (χ1) is 7.11. The SMILES string of the molecule is CC[Si](CC)(CC)n1ncnc1C(N)=O. The molecule has 0 fully saturated rings. The quantitative estimate of drug-likeness (QED) is 0.767. The van der Waals surface area contributed by atoms with Gasteiger partial charge in [0.2, 0.25) is 5.82 Å². The fourth-order valence-corrected chi connectivity index (χ4v) is 5.27. The second-order valence-electron chi connectivity index (χ2n) is 3.64. The van der Waals surface area contributed by atoms with E-state index in [1.54, 1.807) is 0 Å². The molecule has 5 nitrogen and oxygen atoms in total. The molecule has 0 unspecified atom stereocenters. The molecule has 1 aromatic heterocycles. The standard InChI is InChI=1S/C9H18N4OSi/c1-4-15(5-2,6-3)13-9(8(10)14)11-7-12-13/h7H,4-6H2,1-3H3,(H2,10,14). The highest BCUT2D eigenvalue weighted by Gasteiger charge is 2.34. The van der Waals surface area contributed by atoms with Gasteiger partial charge >= 0.3 is 0 Å². The van der Waals surface area contributed by atoms with Crippen LogP contribution in [0.15, 0.2) is 6.33 Å². The lowest BCUT2D eigenvalue weighted by atomic mass is 10.6. The van der Waals surface area contributed by atoms with Gasteiger partial charge in [0.1, 0.15) is 6.33 Å². The van der Waals surface area contributed by atoms with Crippen molar-refractivity contribution in [3.8, 4) is 0 Å². The summed E-state index contributed by atoms with van der Waals surface area (Å²) in [5.41, 5.74) is 5.28. The van der Waals surface area contributed by atoms with Crippen LogP contribution in [-0.2, 0) is 0 Å². The van der Waals surface area contributed by atoms with Crippen LogP contribution in [-0.4, -0.2) is 28.6 Å². The van der Waals surface area contributed by atoms with Crippen molar-refractivity contribution in [3.05, 3.63) is 12.2 Å². The molecule has 15 heavy (non-hydrogen) atoms. The molecule has 1 amide bonds. The first-order valence-corrected chi connectivity index (χ1v) is 7.88. The largest absolute Gasteiger partial charge is 0.363 e. The summed E-state index contributed by atoms with van der Waals surface area (Å²) in [4.78, 5) is 15.1. The first kappa shape index (κ1) is 11.9. The molecule has 1 aromatic rings. The Labute approximate surface area is 90.8 Å².